The molecule has 0 aliphatic rings. The minimum absolute atomic E-state index is 0.0824. The molecule has 0 saturated heterocycles. The van der Waals surface area contributed by atoms with Gasteiger partial charge in [-0.3, -0.25) is 4.79 Å². The van der Waals surface area contributed by atoms with Crippen LogP contribution in [0.3, 0.4) is 0 Å². The topological polar surface area (TPSA) is 88.7 Å². The number of benzene rings is 2. The largest absolute Gasteiger partial charge is 0.573 e. The van der Waals surface area contributed by atoms with Gasteiger partial charge in [-0.1, -0.05) is 12.1 Å². The zero-order chi connectivity index (χ0) is 21.7. The first-order valence-electron chi connectivity index (χ1n) is 8.75. The zero-order valence-electron chi connectivity index (χ0n) is 16.3. The number of nitrogens with zero attached hydrogens (tertiary/aromatic N) is 1. The van der Waals surface area contributed by atoms with Gasteiger partial charge in [0.2, 0.25) is 0 Å². The van der Waals surface area contributed by atoms with Crippen LogP contribution in [-0.2, 0) is 6.54 Å². The Labute approximate surface area is 167 Å². The fourth-order valence-electron chi connectivity index (χ4n) is 2.33. The Morgan fingerprint density at radius 3 is 2.34 bits per heavy atom. The van der Waals surface area contributed by atoms with Gasteiger partial charge in [0.15, 0.2) is 5.96 Å². The summed E-state index contributed by atoms with van der Waals surface area (Å²) in [5.74, 6) is -0.432. The Balaban J connectivity index is 1.97. The Kier molecular flexibility index (Phi) is 6.73. The second kappa shape index (κ2) is 8.85. The Morgan fingerprint density at radius 1 is 1.10 bits per heavy atom. The number of guanidine groups is 1. The summed E-state index contributed by atoms with van der Waals surface area (Å²) < 4.78 is 40.3. The number of ether oxygens (including phenoxy) is 1. The normalized spacial score (nSPS) is 12.4. The minimum atomic E-state index is -4.74. The van der Waals surface area contributed by atoms with E-state index in [0.29, 0.717) is 11.3 Å². The molecule has 156 valence electrons. The first-order chi connectivity index (χ1) is 13.4. The lowest BCUT2D eigenvalue weighted by Crippen LogP contribution is -2.40. The smallest absolute Gasteiger partial charge is 0.406 e. The number of hydrogen-bond donors (Lipinski definition) is 3. The van der Waals surface area contributed by atoms with Gasteiger partial charge in [-0.05, 0) is 62.7 Å². The molecule has 2 rings (SSSR count). The third-order valence-electron chi connectivity index (χ3n) is 3.47. The molecule has 6 nitrogen and oxygen atoms in total. The summed E-state index contributed by atoms with van der Waals surface area (Å²) in [6.07, 6.45) is -4.74. The molecule has 0 bridgehead atoms. The zero-order valence-corrected chi connectivity index (χ0v) is 16.3. The van der Waals surface area contributed by atoms with Crippen LogP contribution < -0.4 is 21.1 Å². The fraction of sp³-hybridized carbons (Fsp3) is 0.300. The molecular formula is C20H23F3N4O2. The Morgan fingerprint density at radius 2 is 1.76 bits per heavy atom. The van der Waals surface area contributed by atoms with E-state index < -0.39 is 6.36 Å². The number of anilines is 1. The van der Waals surface area contributed by atoms with Crippen LogP contribution >= 0.6 is 0 Å². The van der Waals surface area contributed by atoms with Gasteiger partial charge in [0, 0.05) is 16.8 Å². The van der Waals surface area contributed by atoms with Gasteiger partial charge in [-0.25, -0.2) is 4.99 Å². The van der Waals surface area contributed by atoms with Crippen LogP contribution in [0.2, 0.25) is 0 Å². The van der Waals surface area contributed by atoms with E-state index in [1.807, 2.05) is 26.8 Å². The van der Waals surface area contributed by atoms with Crippen molar-refractivity contribution in [3.05, 3.63) is 59.7 Å². The summed E-state index contributed by atoms with van der Waals surface area (Å²) in [6.45, 7) is 5.92. The number of amides is 1. The van der Waals surface area contributed by atoms with E-state index in [4.69, 9.17) is 5.73 Å². The molecule has 0 aliphatic heterocycles. The van der Waals surface area contributed by atoms with Crippen molar-refractivity contribution in [1.82, 2.24) is 5.32 Å². The van der Waals surface area contributed by atoms with Crippen molar-refractivity contribution in [1.29, 1.82) is 0 Å². The maximum Gasteiger partial charge on any atom is 0.573 e. The van der Waals surface area contributed by atoms with Crippen molar-refractivity contribution in [2.45, 2.75) is 39.2 Å². The molecule has 1 amide bonds. The number of rotatable bonds is 5. The Hall–Kier alpha value is -3.23. The first kappa shape index (κ1) is 22.1. The maximum absolute atomic E-state index is 12.2. The predicted molar refractivity (Wildman–Crippen MR) is 106 cm³/mol. The van der Waals surface area contributed by atoms with Crippen LogP contribution in [0.5, 0.6) is 5.75 Å². The van der Waals surface area contributed by atoms with Crippen LogP contribution in [0.4, 0.5) is 18.9 Å². The quantitative estimate of drug-likeness (QED) is 0.515. The van der Waals surface area contributed by atoms with E-state index in [1.165, 1.54) is 24.3 Å². The van der Waals surface area contributed by atoms with Crippen LogP contribution in [0.15, 0.2) is 53.5 Å². The molecule has 9 heteroatoms. The van der Waals surface area contributed by atoms with Crippen LogP contribution in [0, 0.1) is 0 Å². The summed E-state index contributed by atoms with van der Waals surface area (Å²) in [5, 5.41) is 5.67. The highest BCUT2D eigenvalue weighted by Crippen LogP contribution is 2.23. The number of aliphatic imine (C=N–C) groups is 1. The monoisotopic (exact) mass is 408 g/mol. The minimum Gasteiger partial charge on any atom is -0.406 e. The highest BCUT2D eigenvalue weighted by atomic mass is 19.4. The molecule has 0 heterocycles. The van der Waals surface area contributed by atoms with E-state index in [2.05, 4.69) is 20.4 Å². The lowest BCUT2D eigenvalue weighted by molar-refractivity contribution is -0.274. The van der Waals surface area contributed by atoms with Gasteiger partial charge in [0.05, 0.1) is 6.54 Å². The summed E-state index contributed by atoms with van der Waals surface area (Å²) in [7, 11) is 0. The van der Waals surface area contributed by atoms with E-state index in [0.717, 1.165) is 5.56 Å². The number of nitrogens with one attached hydrogen (secondary N) is 2. The maximum atomic E-state index is 12.2. The molecule has 29 heavy (non-hydrogen) atoms. The number of hydrogen-bond acceptors (Lipinski definition) is 3. The van der Waals surface area contributed by atoms with Gasteiger partial charge in [0.25, 0.3) is 5.91 Å². The van der Waals surface area contributed by atoms with Crippen LogP contribution in [-0.4, -0.2) is 23.8 Å². The van der Waals surface area contributed by atoms with Crippen molar-refractivity contribution < 1.29 is 22.7 Å². The molecule has 0 spiro atoms. The van der Waals surface area contributed by atoms with Gasteiger partial charge >= 0.3 is 6.36 Å². The average molecular weight is 408 g/mol. The molecule has 0 saturated carbocycles. The van der Waals surface area contributed by atoms with Crippen molar-refractivity contribution >= 4 is 17.6 Å². The van der Waals surface area contributed by atoms with Gasteiger partial charge in [-0.15, -0.1) is 13.2 Å². The van der Waals surface area contributed by atoms with Crippen molar-refractivity contribution in [2.75, 3.05) is 5.32 Å². The summed E-state index contributed by atoms with van der Waals surface area (Å²) >= 11 is 0. The predicted octanol–water partition coefficient (Wildman–Crippen LogP) is 4.04. The second-order valence-electron chi connectivity index (χ2n) is 7.30. The highest BCUT2D eigenvalue weighted by molar-refractivity contribution is 5.95. The molecule has 4 N–H and O–H groups in total. The van der Waals surface area contributed by atoms with Crippen molar-refractivity contribution in [2.24, 2.45) is 10.7 Å². The number of carbonyl (C=O) groups excluding carboxylic acids is 1. The van der Waals surface area contributed by atoms with Crippen molar-refractivity contribution in [3.8, 4) is 5.75 Å². The molecule has 2 aromatic carbocycles. The van der Waals surface area contributed by atoms with Crippen molar-refractivity contribution in [3.63, 3.8) is 0 Å². The summed E-state index contributed by atoms with van der Waals surface area (Å²) in [5.41, 5.74) is 7.23. The van der Waals surface area contributed by atoms with E-state index in [-0.39, 0.29) is 29.7 Å². The summed E-state index contributed by atoms with van der Waals surface area (Å²) in [4.78, 5) is 16.4. The van der Waals surface area contributed by atoms with E-state index in [9.17, 15) is 18.0 Å². The number of halogens is 3. The second-order valence-corrected chi connectivity index (χ2v) is 7.30. The highest BCUT2D eigenvalue weighted by Gasteiger charge is 2.30. The molecule has 0 aliphatic carbocycles. The SMILES string of the molecule is CC(C)(C)NC(=O)c1cccc(CN=C(N)Nc2ccc(OC(F)(F)F)cc2)c1. The van der Waals surface area contributed by atoms with Crippen LogP contribution in [0.1, 0.15) is 36.7 Å². The number of alkyl halides is 3. The molecule has 0 unspecified atom stereocenters. The molecule has 0 radical (unpaired) electrons. The van der Waals surface area contributed by atoms with Gasteiger partial charge < -0.3 is 21.1 Å². The number of nitrogens with two attached hydrogens (primary N) is 1. The lowest BCUT2D eigenvalue weighted by Gasteiger charge is -2.20. The molecule has 2 aromatic rings. The molecule has 0 fully saturated rings. The molecular weight excluding hydrogens is 385 g/mol. The number of carbonyl (C=O) groups is 1. The van der Waals surface area contributed by atoms with E-state index >= 15 is 0 Å². The fourth-order valence-corrected chi connectivity index (χ4v) is 2.33. The van der Waals surface area contributed by atoms with Gasteiger partial charge in [-0.2, -0.15) is 0 Å². The van der Waals surface area contributed by atoms with E-state index in [1.54, 1.807) is 18.2 Å². The Bertz CT molecular complexity index is 873. The molecule has 0 atom stereocenters. The van der Waals surface area contributed by atoms with Gasteiger partial charge in [0.1, 0.15) is 5.75 Å². The summed E-state index contributed by atoms with van der Waals surface area (Å²) in [6, 6.07) is 12.1. The van der Waals surface area contributed by atoms with Crippen LogP contribution in [0.25, 0.3) is 0 Å². The third kappa shape index (κ3) is 8.12. The third-order valence-corrected chi connectivity index (χ3v) is 3.47. The molecule has 0 aromatic heterocycles. The average Bonchev–Trinajstić information content (AvgIpc) is 2.59. The first-order valence-corrected chi connectivity index (χ1v) is 8.75. The lowest BCUT2D eigenvalue weighted by atomic mass is 10.1. The standard InChI is InChI=1S/C20H23F3N4O2/c1-19(2,3)27-17(28)14-6-4-5-13(11-14)12-25-18(24)26-15-7-9-16(10-8-15)29-20(21,22)23/h4-11H,12H2,1-3H3,(H,27,28)(H3,24,25,26).